The molecule has 1 aromatic carbocycles. The second-order valence-corrected chi connectivity index (χ2v) is 5.97. The van der Waals surface area contributed by atoms with Crippen molar-refractivity contribution in [3.8, 4) is 0 Å². The Balaban J connectivity index is 2.38. The van der Waals surface area contributed by atoms with Crippen LogP contribution >= 0.6 is 22.6 Å². The Labute approximate surface area is 123 Å². The lowest BCUT2D eigenvalue weighted by atomic mass is 9.98. The van der Waals surface area contributed by atoms with Gasteiger partial charge in [0.2, 0.25) is 0 Å². The van der Waals surface area contributed by atoms with E-state index in [0.717, 1.165) is 31.7 Å². The van der Waals surface area contributed by atoms with Crippen LogP contribution in [0.15, 0.2) is 12.1 Å². The van der Waals surface area contributed by atoms with Crippen LogP contribution in [-0.2, 0) is 0 Å². The number of nitrogens with one attached hydrogen (secondary N) is 1. The molecule has 0 unspecified atom stereocenters. The minimum absolute atomic E-state index is 0.113. The molecule has 0 atom stereocenters. The number of halogens is 2. The van der Waals surface area contributed by atoms with E-state index in [2.05, 4.69) is 5.32 Å². The highest BCUT2D eigenvalue weighted by molar-refractivity contribution is 14.1. The number of hydrogen-bond donors (Lipinski definition) is 2. The van der Waals surface area contributed by atoms with Gasteiger partial charge in [0, 0.05) is 12.1 Å². The lowest BCUT2D eigenvalue weighted by molar-refractivity contribution is -0.384. The van der Waals surface area contributed by atoms with Crippen molar-refractivity contribution in [3.63, 3.8) is 0 Å². The molecule has 0 spiro atoms. The monoisotopic (exact) mass is 380 g/mol. The Kier molecular flexibility index (Phi) is 4.24. The topological polar surface area (TPSA) is 75.4 Å². The molecule has 1 saturated carbocycles. The average molecular weight is 380 g/mol. The summed E-state index contributed by atoms with van der Waals surface area (Å²) in [7, 11) is 0. The molecule has 5 nitrogen and oxygen atoms in total. The molecular formula is C12H14FIN2O3. The zero-order valence-electron chi connectivity index (χ0n) is 10.2. The number of nitro benzene ring substituents is 1. The van der Waals surface area contributed by atoms with Gasteiger partial charge in [0.15, 0.2) is 0 Å². The van der Waals surface area contributed by atoms with Gasteiger partial charge in [-0.3, -0.25) is 10.1 Å². The first-order valence-corrected chi connectivity index (χ1v) is 7.08. The minimum Gasteiger partial charge on any atom is -0.394 e. The molecule has 1 aliphatic rings. The Morgan fingerprint density at radius 1 is 1.47 bits per heavy atom. The maximum Gasteiger partial charge on any atom is 0.293 e. The van der Waals surface area contributed by atoms with Gasteiger partial charge < -0.3 is 10.4 Å². The average Bonchev–Trinajstić information content (AvgIpc) is 2.82. The Morgan fingerprint density at radius 2 is 2.11 bits per heavy atom. The number of nitro groups is 1. The summed E-state index contributed by atoms with van der Waals surface area (Å²) in [4.78, 5) is 10.5. The molecule has 0 bridgehead atoms. The molecule has 1 aromatic rings. The third-order valence-corrected chi connectivity index (χ3v) is 4.33. The van der Waals surface area contributed by atoms with Crippen molar-refractivity contribution in [2.75, 3.05) is 11.9 Å². The van der Waals surface area contributed by atoms with Crippen molar-refractivity contribution in [3.05, 3.63) is 31.6 Å². The van der Waals surface area contributed by atoms with E-state index < -0.39 is 16.3 Å². The first-order valence-electron chi connectivity index (χ1n) is 6.00. The van der Waals surface area contributed by atoms with Crippen LogP contribution < -0.4 is 5.32 Å². The normalized spacial score (nSPS) is 17.4. The molecule has 2 rings (SSSR count). The van der Waals surface area contributed by atoms with Crippen molar-refractivity contribution < 1.29 is 14.4 Å². The van der Waals surface area contributed by atoms with Gasteiger partial charge in [-0.05, 0) is 35.4 Å². The number of nitrogens with zero attached hydrogens (tertiary/aromatic N) is 1. The SMILES string of the molecule is O=[N+]([O-])c1cc(I)c(F)cc1NC1(CO)CCCC1. The van der Waals surface area contributed by atoms with Gasteiger partial charge in [-0.25, -0.2) is 4.39 Å². The standard InChI is InChI=1S/C12H14FIN2O3/c13-8-5-10(11(16(18)19)6-9(8)14)15-12(7-17)3-1-2-4-12/h5-6,15,17H,1-4,7H2. The van der Waals surface area contributed by atoms with Crippen molar-refractivity contribution in [1.82, 2.24) is 0 Å². The van der Waals surface area contributed by atoms with Gasteiger partial charge in [-0.15, -0.1) is 0 Å². The summed E-state index contributed by atoms with van der Waals surface area (Å²) in [5.41, 5.74) is -0.589. The van der Waals surface area contributed by atoms with Crippen molar-refractivity contribution in [1.29, 1.82) is 0 Å². The van der Waals surface area contributed by atoms with Crippen LogP contribution in [0, 0.1) is 19.5 Å². The maximum atomic E-state index is 13.6. The molecule has 0 aliphatic heterocycles. The van der Waals surface area contributed by atoms with Crippen LogP contribution in [0.2, 0.25) is 0 Å². The summed E-state index contributed by atoms with van der Waals surface area (Å²) < 4.78 is 13.8. The van der Waals surface area contributed by atoms with Gasteiger partial charge in [0.1, 0.15) is 11.5 Å². The highest BCUT2D eigenvalue weighted by Gasteiger charge is 2.35. The summed E-state index contributed by atoms with van der Waals surface area (Å²) in [5.74, 6) is -0.500. The van der Waals surface area contributed by atoms with Gasteiger partial charge in [-0.1, -0.05) is 12.8 Å². The van der Waals surface area contributed by atoms with Gasteiger partial charge in [-0.2, -0.15) is 0 Å². The largest absolute Gasteiger partial charge is 0.394 e. The van der Waals surface area contributed by atoms with Gasteiger partial charge in [0.05, 0.1) is 20.6 Å². The van der Waals surface area contributed by atoms with Crippen molar-refractivity contribution >= 4 is 34.0 Å². The number of aliphatic hydroxyl groups is 1. The van der Waals surface area contributed by atoms with E-state index in [4.69, 9.17) is 0 Å². The summed E-state index contributed by atoms with van der Waals surface area (Å²) in [6.45, 7) is -0.113. The Hall–Kier alpha value is -0.960. The van der Waals surface area contributed by atoms with Crippen LogP contribution in [0.4, 0.5) is 15.8 Å². The fourth-order valence-electron chi connectivity index (χ4n) is 2.45. The van der Waals surface area contributed by atoms with Crippen LogP contribution in [-0.4, -0.2) is 22.2 Å². The predicted molar refractivity (Wildman–Crippen MR) is 77.7 cm³/mol. The van der Waals surface area contributed by atoms with Crippen molar-refractivity contribution in [2.24, 2.45) is 0 Å². The Morgan fingerprint density at radius 3 is 2.63 bits per heavy atom. The molecule has 1 aliphatic carbocycles. The molecular weight excluding hydrogens is 366 g/mol. The maximum absolute atomic E-state index is 13.6. The molecule has 0 amide bonds. The third kappa shape index (κ3) is 2.97. The highest BCUT2D eigenvalue weighted by Crippen LogP contribution is 2.37. The molecule has 0 heterocycles. The van der Waals surface area contributed by atoms with E-state index in [1.807, 2.05) is 0 Å². The van der Waals surface area contributed by atoms with Crippen molar-refractivity contribution in [2.45, 2.75) is 31.2 Å². The first kappa shape index (κ1) is 14.4. The second kappa shape index (κ2) is 5.58. The molecule has 0 radical (unpaired) electrons. The van der Waals surface area contributed by atoms with E-state index in [9.17, 15) is 19.6 Å². The van der Waals surface area contributed by atoms with E-state index in [1.165, 1.54) is 6.07 Å². The summed E-state index contributed by atoms with van der Waals surface area (Å²) in [5, 5.41) is 23.5. The summed E-state index contributed by atoms with van der Waals surface area (Å²) in [6.07, 6.45) is 3.37. The summed E-state index contributed by atoms with van der Waals surface area (Å²) in [6, 6.07) is 2.34. The fraction of sp³-hybridized carbons (Fsp3) is 0.500. The lowest BCUT2D eigenvalue weighted by Crippen LogP contribution is -2.39. The van der Waals surface area contributed by atoms with Gasteiger partial charge in [0.25, 0.3) is 5.69 Å². The second-order valence-electron chi connectivity index (χ2n) is 4.81. The highest BCUT2D eigenvalue weighted by atomic mass is 127. The van der Waals surface area contributed by atoms with Crippen LogP contribution in [0.25, 0.3) is 0 Å². The fourth-order valence-corrected chi connectivity index (χ4v) is 2.90. The van der Waals surface area contributed by atoms with E-state index in [-0.39, 0.29) is 21.6 Å². The Bertz CT molecular complexity index is 504. The number of benzene rings is 1. The van der Waals surface area contributed by atoms with Crippen LogP contribution in [0.1, 0.15) is 25.7 Å². The third-order valence-electron chi connectivity index (χ3n) is 3.50. The number of rotatable bonds is 4. The molecule has 0 saturated heterocycles. The van der Waals surface area contributed by atoms with E-state index >= 15 is 0 Å². The molecule has 0 aromatic heterocycles. The zero-order chi connectivity index (χ0) is 14.0. The van der Waals surface area contributed by atoms with E-state index in [0.29, 0.717) is 0 Å². The smallest absolute Gasteiger partial charge is 0.293 e. The molecule has 1 fully saturated rings. The summed E-state index contributed by atoms with van der Waals surface area (Å²) >= 11 is 1.72. The number of anilines is 1. The molecule has 19 heavy (non-hydrogen) atoms. The zero-order valence-corrected chi connectivity index (χ0v) is 12.3. The molecule has 7 heteroatoms. The minimum atomic E-state index is -0.565. The quantitative estimate of drug-likeness (QED) is 0.478. The number of aliphatic hydroxyl groups excluding tert-OH is 1. The molecule has 2 N–H and O–H groups in total. The predicted octanol–water partition coefficient (Wildman–Crippen LogP) is 3.06. The first-order chi connectivity index (χ1) is 8.97. The van der Waals surface area contributed by atoms with Crippen LogP contribution in [0.5, 0.6) is 0 Å². The van der Waals surface area contributed by atoms with Gasteiger partial charge >= 0.3 is 0 Å². The van der Waals surface area contributed by atoms with Crippen LogP contribution in [0.3, 0.4) is 0 Å². The molecule has 104 valence electrons. The lowest BCUT2D eigenvalue weighted by Gasteiger charge is -2.29. The van der Waals surface area contributed by atoms with E-state index in [1.54, 1.807) is 22.6 Å². The number of hydrogen-bond acceptors (Lipinski definition) is 4.